The molecule has 138 valence electrons. The van der Waals surface area contributed by atoms with E-state index < -0.39 is 11.2 Å². The molecule has 2 aromatic carbocycles. The maximum Gasteiger partial charge on any atom is 0.330 e. The van der Waals surface area contributed by atoms with E-state index in [4.69, 9.17) is 4.74 Å². The zero-order valence-corrected chi connectivity index (χ0v) is 15.5. The monoisotopic (exact) mass is 362 g/mol. The van der Waals surface area contributed by atoms with E-state index in [0.717, 1.165) is 16.7 Å². The van der Waals surface area contributed by atoms with Crippen molar-refractivity contribution in [3.63, 3.8) is 0 Å². The predicted octanol–water partition coefficient (Wildman–Crippen LogP) is 3.39. The molecule has 1 N–H and O–H groups in total. The van der Waals surface area contributed by atoms with Crippen LogP contribution in [-0.2, 0) is 18.1 Å². The Kier molecular flexibility index (Phi) is 5.52. The van der Waals surface area contributed by atoms with Gasteiger partial charge in [-0.05, 0) is 30.5 Å². The first kappa shape index (κ1) is 18.6. The molecule has 0 fully saturated rings. The number of rotatable bonds is 6. The number of benzene rings is 2. The van der Waals surface area contributed by atoms with Crippen LogP contribution in [-0.4, -0.2) is 9.55 Å². The van der Waals surface area contributed by atoms with Gasteiger partial charge in [0.15, 0.2) is 0 Å². The van der Waals surface area contributed by atoms with E-state index >= 15 is 0 Å². The average Bonchev–Trinajstić information content (AvgIpc) is 2.67. The number of nitrogens with zero attached hydrogens (tertiary/aromatic N) is 1. The van der Waals surface area contributed by atoms with Crippen molar-refractivity contribution >= 4 is 5.57 Å². The summed E-state index contributed by atoms with van der Waals surface area (Å²) in [5, 5.41) is 0. The van der Waals surface area contributed by atoms with Crippen molar-refractivity contribution in [1.29, 1.82) is 0 Å². The van der Waals surface area contributed by atoms with E-state index in [0.29, 0.717) is 23.4 Å². The third-order valence-electron chi connectivity index (χ3n) is 4.45. The van der Waals surface area contributed by atoms with Gasteiger partial charge in [-0.25, -0.2) is 4.79 Å². The maximum absolute atomic E-state index is 12.4. The minimum Gasteiger partial charge on any atom is -0.356 e. The Hall–Kier alpha value is -3.18. The van der Waals surface area contributed by atoms with Crippen LogP contribution in [0.25, 0.3) is 5.57 Å². The Bertz CT molecular complexity index is 1060. The Morgan fingerprint density at radius 1 is 1.04 bits per heavy atom. The average molecular weight is 362 g/mol. The summed E-state index contributed by atoms with van der Waals surface area (Å²) in [4.78, 5) is 26.9. The molecule has 0 amide bonds. The maximum atomic E-state index is 12.4. The van der Waals surface area contributed by atoms with Crippen molar-refractivity contribution in [3.05, 3.63) is 110 Å². The highest BCUT2D eigenvalue weighted by atomic mass is 16.5. The van der Waals surface area contributed by atoms with E-state index in [1.54, 1.807) is 6.92 Å². The van der Waals surface area contributed by atoms with Crippen molar-refractivity contribution in [3.8, 4) is 0 Å². The Morgan fingerprint density at radius 2 is 1.70 bits per heavy atom. The van der Waals surface area contributed by atoms with Crippen molar-refractivity contribution in [1.82, 2.24) is 9.55 Å². The lowest BCUT2D eigenvalue weighted by Gasteiger charge is -2.17. The summed E-state index contributed by atoms with van der Waals surface area (Å²) in [7, 11) is 0. The molecule has 0 spiro atoms. The second kappa shape index (κ2) is 8.01. The fraction of sp³-hybridized carbons (Fsp3) is 0.182. The van der Waals surface area contributed by atoms with Crippen LogP contribution in [0.3, 0.4) is 0 Å². The van der Waals surface area contributed by atoms with Gasteiger partial charge in [-0.2, -0.15) is 0 Å². The highest BCUT2D eigenvalue weighted by Gasteiger charge is 2.16. The molecule has 5 heteroatoms. The van der Waals surface area contributed by atoms with Gasteiger partial charge in [0.25, 0.3) is 5.56 Å². The molecule has 0 saturated heterocycles. The van der Waals surface area contributed by atoms with Crippen LogP contribution in [0.1, 0.15) is 27.9 Å². The molecule has 0 aliphatic heterocycles. The van der Waals surface area contributed by atoms with Gasteiger partial charge < -0.3 is 4.74 Å². The predicted molar refractivity (Wildman–Crippen MR) is 107 cm³/mol. The third-order valence-corrected chi connectivity index (χ3v) is 4.45. The van der Waals surface area contributed by atoms with Gasteiger partial charge in [-0.15, -0.1) is 0 Å². The summed E-state index contributed by atoms with van der Waals surface area (Å²) < 4.78 is 7.15. The molecule has 0 unspecified atom stereocenters. The van der Waals surface area contributed by atoms with Gasteiger partial charge in [0.05, 0.1) is 12.3 Å². The fourth-order valence-corrected chi connectivity index (χ4v) is 2.90. The Labute approximate surface area is 157 Å². The summed E-state index contributed by atoms with van der Waals surface area (Å²) in [6, 6.07) is 17.5. The molecule has 5 nitrogen and oxygen atoms in total. The molecule has 1 heterocycles. The van der Waals surface area contributed by atoms with E-state index in [2.05, 4.69) is 11.6 Å². The zero-order chi connectivity index (χ0) is 19.4. The summed E-state index contributed by atoms with van der Waals surface area (Å²) in [6.07, 6.45) is 0. The highest BCUT2D eigenvalue weighted by molar-refractivity contribution is 5.77. The first-order chi connectivity index (χ1) is 13.0. The number of aryl methyl sites for hydroxylation is 1. The molecule has 1 aromatic heterocycles. The first-order valence-electron chi connectivity index (χ1n) is 8.69. The molecule has 0 aliphatic rings. The summed E-state index contributed by atoms with van der Waals surface area (Å²) in [6.45, 7) is 8.19. The van der Waals surface area contributed by atoms with Crippen LogP contribution >= 0.6 is 0 Å². The molecule has 0 saturated carbocycles. The number of aromatic nitrogens is 2. The number of hydrogen-bond acceptors (Lipinski definition) is 3. The SMILES string of the molecule is C=C(c1ccc(C)cc1)c1c(C)c(=O)[nH]c(=O)n1COCc1ccccc1. The van der Waals surface area contributed by atoms with Gasteiger partial charge in [0.1, 0.15) is 6.73 Å². The van der Waals surface area contributed by atoms with Crippen LogP contribution in [0.15, 0.2) is 70.8 Å². The summed E-state index contributed by atoms with van der Waals surface area (Å²) in [5.41, 5.74) is 3.58. The topological polar surface area (TPSA) is 64.1 Å². The molecule has 0 bridgehead atoms. The lowest BCUT2D eigenvalue weighted by atomic mass is 10.00. The lowest BCUT2D eigenvalue weighted by Crippen LogP contribution is -2.35. The Morgan fingerprint density at radius 3 is 2.37 bits per heavy atom. The molecule has 27 heavy (non-hydrogen) atoms. The molecular weight excluding hydrogens is 340 g/mol. The Balaban J connectivity index is 1.94. The van der Waals surface area contributed by atoms with Gasteiger partial charge in [0, 0.05) is 5.56 Å². The van der Waals surface area contributed by atoms with Crippen LogP contribution in [0.4, 0.5) is 0 Å². The van der Waals surface area contributed by atoms with E-state index in [1.807, 2.05) is 61.5 Å². The van der Waals surface area contributed by atoms with E-state index in [-0.39, 0.29) is 6.73 Å². The van der Waals surface area contributed by atoms with Crippen LogP contribution in [0, 0.1) is 13.8 Å². The van der Waals surface area contributed by atoms with Crippen LogP contribution in [0.5, 0.6) is 0 Å². The second-order valence-electron chi connectivity index (χ2n) is 6.47. The van der Waals surface area contributed by atoms with Crippen molar-refractivity contribution in [2.75, 3.05) is 0 Å². The molecule has 0 atom stereocenters. The minimum absolute atomic E-state index is 0.0194. The summed E-state index contributed by atoms with van der Waals surface area (Å²) >= 11 is 0. The molecular formula is C22H22N2O3. The third kappa shape index (κ3) is 4.15. The smallest absolute Gasteiger partial charge is 0.330 e. The minimum atomic E-state index is -0.512. The van der Waals surface area contributed by atoms with Gasteiger partial charge >= 0.3 is 5.69 Å². The van der Waals surface area contributed by atoms with Gasteiger partial charge in [-0.1, -0.05) is 66.7 Å². The van der Waals surface area contributed by atoms with Crippen LogP contribution < -0.4 is 11.2 Å². The van der Waals surface area contributed by atoms with Crippen LogP contribution in [0.2, 0.25) is 0 Å². The number of hydrogen-bond donors (Lipinski definition) is 1. The standard InChI is InChI=1S/C22H22N2O3/c1-15-9-11-19(12-10-15)16(2)20-17(3)21(25)23-22(26)24(20)14-27-13-18-7-5-4-6-8-18/h4-12H,2,13-14H2,1,3H3,(H,23,25,26). The molecule has 3 aromatic rings. The largest absolute Gasteiger partial charge is 0.356 e. The molecule has 3 rings (SSSR count). The number of aromatic amines is 1. The van der Waals surface area contributed by atoms with E-state index in [9.17, 15) is 9.59 Å². The number of ether oxygens (including phenoxy) is 1. The van der Waals surface area contributed by atoms with Crippen molar-refractivity contribution < 1.29 is 4.74 Å². The summed E-state index contributed by atoms with van der Waals surface area (Å²) in [5.74, 6) is 0. The van der Waals surface area contributed by atoms with Gasteiger partial charge in [-0.3, -0.25) is 14.3 Å². The highest BCUT2D eigenvalue weighted by Crippen LogP contribution is 2.22. The lowest BCUT2D eigenvalue weighted by molar-refractivity contribution is 0.0601. The fourth-order valence-electron chi connectivity index (χ4n) is 2.90. The van der Waals surface area contributed by atoms with Crippen molar-refractivity contribution in [2.45, 2.75) is 27.2 Å². The normalized spacial score (nSPS) is 10.7. The first-order valence-corrected chi connectivity index (χ1v) is 8.69. The molecule has 0 radical (unpaired) electrons. The molecule has 0 aliphatic carbocycles. The zero-order valence-electron chi connectivity index (χ0n) is 15.5. The quantitative estimate of drug-likeness (QED) is 0.731. The van der Waals surface area contributed by atoms with Crippen molar-refractivity contribution in [2.24, 2.45) is 0 Å². The van der Waals surface area contributed by atoms with Gasteiger partial charge in [0.2, 0.25) is 0 Å². The number of H-pyrrole nitrogens is 1. The van der Waals surface area contributed by atoms with E-state index in [1.165, 1.54) is 4.57 Å². The second-order valence-corrected chi connectivity index (χ2v) is 6.47. The number of nitrogens with one attached hydrogen (secondary N) is 1.